The third-order valence-electron chi connectivity index (χ3n) is 2.00. The molecule has 0 rings (SSSR count). The van der Waals surface area contributed by atoms with Crippen LogP contribution in [0.25, 0.3) is 0 Å². The molecule has 76 valence electrons. The van der Waals surface area contributed by atoms with Gasteiger partial charge in [-0.25, -0.2) is 0 Å². The second-order valence-corrected chi connectivity index (χ2v) is 3.45. The molecule has 0 aliphatic rings. The van der Waals surface area contributed by atoms with E-state index >= 15 is 0 Å². The van der Waals surface area contributed by atoms with Gasteiger partial charge in [0.2, 0.25) is 0 Å². The zero-order chi connectivity index (χ0) is 10.3. The molecular formula is C11H20O2. The summed E-state index contributed by atoms with van der Waals surface area (Å²) in [6.07, 6.45) is 7.03. The summed E-state index contributed by atoms with van der Waals surface area (Å²) in [5.74, 6) is -0.217. The Balaban J connectivity index is 4.18. The fraction of sp³-hybridized carbons (Fsp3) is 0.727. The third-order valence-corrected chi connectivity index (χ3v) is 2.00. The number of hydrogen-bond donors (Lipinski definition) is 0. The number of esters is 1. The van der Waals surface area contributed by atoms with Crippen LogP contribution in [-0.2, 0) is 9.53 Å². The van der Waals surface area contributed by atoms with Crippen molar-refractivity contribution in [2.24, 2.45) is 0 Å². The summed E-state index contributed by atoms with van der Waals surface area (Å²) in [4.78, 5) is 10.8. The van der Waals surface area contributed by atoms with Gasteiger partial charge in [-0.05, 0) is 25.8 Å². The number of ether oxygens (including phenoxy) is 1. The minimum absolute atomic E-state index is 0.217. The first-order chi connectivity index (χ1) is 6.04. The number of carbonyl (C=O) groups is 1. The molecule has 0 heterocycles. The van der Waals surface area contributed by atoms with Crippen LogP contribution in [0, 0.1) is 0 Å². The largest absolute Gasteiger partial charge is 0.455 e. The molecular weight excluding hydrogens is 164 g/mol. The average Bonchev–Trinajstić information content (AvgIpc) is 2.04. The van der Waals surface area contributed by atoms with Gasteiger partial charge in [-0.1, -0.05) is 26.3 Å². The maximum Gasteiger partial charge on any atom is 0.303 e. The van der Waals surface area contributed by atoms with Crippen molar-refractivity contribution in [2.75, 3.05) is 0 Å². The zero-order valence-electron chi connectivity index (χ0n) is 9.09. The Labute approximate surface area is 81.0 Å². The molecule has 1 unspecified atom stereocenters. The fourth-order valence-corrected chi connectivity index (χ4v) is 1.05. The molecule has 2 nitrogen and oxygen atoms in total. The monoisotopic (exact) mass is 184 g/mol. The summed E-state index contributed by atoms with van der Waals surface area (Å²) in [7, 11) is 0. The van der Waals surface area contributed by atoms with E-state index < -0.39 is 5.60 Å². The van der Waals surface area contributed by atoms with Gasteiger partial charge in [0.1, 0.15) is 5.60 Å². The average molecular weight is 184 g/mol. The lowest BCUT2D eigenvalue weighted by atomic mass is 10.0. The highest BCUT2D eigenvalue weighted by molar-refractivity contribution is 5.66. The molecule has 0 saturated heterocycles. The molecule has 0 aliphatic heterocycles. The van der Waals surface area contributed by atoms with E-state index in [1.807, 2.05) is 19.9 Å². The predicted octanol–water partition coefficient (Wildman–Crippen LogP) is 3.07. The van der Waals surface area contributed by atoms with Crippen LogP contribution in [0.4, 0.5) is 0 Å². The molecule has 0 bridgehead atoms. The van der Waals surface area contributed by atoms with Crippen LogP contribution in [0.1, 0.15) is 47.0 Å². The zero-order valence-corrected chi connectivity index (χ0v) is 9.09. The number of hydrogen-bond acceptors (Lipinski definition) is 2. The normalized spacial score (nSPS) is 15.7. The van der Waals surface area contributed by atoms with Crippen molar-refractivity contribution in [3.8, 4) is 0 Å². The summed E-state index contributed by atoms with van der Waals surface area (Å²) in [6, 6.07) is 0. The molecule has 0 spiro atoms. The van der Waals surface area contributed by atoms with E-state index in [1.54, 1.807) is 0 Å². The quantitative estimate of drug-likeness (QED) is 0.485. The van der Waals surface area contributed by atoms with Crippen molar-refractivity contribution >= 4 is 5.97 Å². The molecule has 1 atom stereocenters. The fourth-order valence-electron chi connectivity index (χ4n) is 1.05. The van der Waals surface area contributed by atoms with Gasteiger partial charge in [0.25, 0.3) is 0 Å². The molecule has 0 aliphatic carbocycles. The van der Waals surface area contributed by atoms with Crippen molar-refractivity contribution < 1.29 is 9.53 Å². The van der Waals surface area contributed by atoms with Crippen molar-refractivity contribution in [3.63, 3.8) is 0 Å². The first kappa shape index (κ1) is 12.2. The summed E-state index contributed by atoms with van der Waals surface area (Å²) in [6.45, 7) is 7.51. The maximum absolute atomic E-state index is 10.8. The smallest absolute Gasteiger partial charge is 0.303 e. The minimum atomic E-state index is -0.416. The van der Waals surface area contributed by atoms with E-state index in [4.69, 9.17) is 4.74 Å². The van der Waals surface area contributed by atoms with Crippen molar-refractivity contribution in [1.82, 2.24) is 0 Å². The van der Waals surface area contributed by atoms with E-state index in [0.717, 1.165) is 19.3 Å². The molecule has 0 saturated carbocycles. The lowest BCUT2D eigenvalue weighted by molar-refractivity contribution is -0.151. The standard InChI is InChI=1S/C11H20O2/c1-5-7-8-9-11(4,6-2)13-10(3)12/h8-9H,5-7H2,1-4H3. The van der Waals surface area contributed by atoms with E-state index in [0.29, 0.717) is 0 Å². The van der Waals surface area contributed by atoms with Crippen LogP contribution in [0.5, 0.6) is 0 Å². The Morgan fingerprint density at radius 3 is 2.46 bits per heavy atom. The minimum Gasteiger partial charge on any atom is -0.455 e. The molecule has 0 N–H and O–H groups in total. The Bertz CT molecular complexity index is 185. The molecule has 0 fully saturated rings. The summed E-state index contributed by atoms with van der Waals surface area (Å²) in [5.41, 5.74) is -0.416. The van der Waals surface area contributed by atoms with Crippen LogP contribution in [0.3, 0.4) is 0 Å². The molecule has 13 heavy (non-hydrogen) atoms. The van der Waals surface area contributed by atoms with Gasteiger partial charge in [0.15, 0.2) is 0 Å². The predicted molar refractivity (Wildman–Crippen MR) is 54.5 cm³/mol. The lowest BCUT2D eigenvalue weighted by Gasteiger charge is -2.23. The van der Waals surface area contributed by atoms with Crippen LogP contribution in [0.15, 0.2) is 12.2 Å². The van der Waals surface area contributed by atoms with Gasteiger partial charge in [-0.2, -0.15) is 0 Å². The highest BCUT2D eigenvalue weighted by Crippen LogP contribution is 2.17. The number of carbonyl (C=O) groups excluding carboxylic acids is 1. The molecule has 0 aromatic heterocycles. The molecule has 0 radical (unpaired) electrons. The maximum atomic E-state index is 10.8. The third kappa shape index (κ3) is 5.45. The van der Waals surface area contributed by atoms with Gasteiger partial charge in [0, 0.05) is 6.92 Å². The summed E-state index contributed by atoms with van der Waals surface area (Å²) < 4.78 is 5.21. The van der Waals surface area contributed by atoms with Gasteiger partial charge in [-0.15, -0.1) is 0 Å². The Kier molecular flexibility index (Phi) is 5.44. The SMILES string of the molecule is CCCC=CC(C)(CC)OC(C)=O. The van der Waals surface area contributed by atoms with Crippen molar-refractivity contribution in [1.29, 1.82) is 0 Å². The van der Waals surface area contributed by atoms with Gasteiger partial charge >= 0.3 is 5.97 Å². The second-order valence-electron chi connectivity index (χ2n) is 3.45. The first-order valence-corrected chi connectivity index (χ1v) is 4.91. The summed E-state index contributed by atoms with van der Waals surface area (Å²) in [5, 5.41) is 0. The Morgan fingerprint density at radius 1 is 1.46 bits per heavy atom. The van der Waals surface area contributed by atoms with E-state index in [1.165, 1.54) is 6.92 Å². The van der Waals surface area contributed by atoms with Gasteiger partial charge < -0.3 is 4.74 Å². The van der Waals surface area contributed by atoms with E-state index in [2.05, 4.69) is 13.0 Å². The van der Waals surface area contributed by atoms with Gasteiger partial charge in [-0.3, -0.25) is 4.79 Å². The van der Waals surface area contributed by atoms with Crippen molar-refractivity contribution in [3.05, 3.63) is 12.2 Å². The number of unbranched alkanes of at least 4 members (excludes halogenated alkanes) is 1. The first-order valence-electron chi connectivity index (χ1n) is 4.91. The highest BCUT2D eigenvalue weighted by Gasteiger charge is 2.20. The Morgan fingerprint density at radius 2 is 2.08 bits per heavy atom. The molecule has 0 amide bonds. The van der Waals surface area contributed by atoms with Gasteiger partial charge in [0.05, 0.1) is 0 Å². The van der Waals surface area contributed by atoms with E-state index in [-0.39, 0.29) is 5.97 Å². The number of allylic oxidation sites excluding steroid dienone is 1. The highest BCUT2D eigenvalue weighted by atomic mass is 16.6. The van der Waals surface area contributed by atoms with Crippen molar-refractivity contribution in [2.45, 2.75) is 52.6 Å². The Hall–Kier alpha value is -0.790. The topological polar surface area (TPSA) is 26.3 Å². The van der Waals surface area contributed by atoms with Crippen LogP contribution in [-0.4, -0.2) is 11.6 Å². The summed E-state index contributed by atoms with van der Waals surface area (Å²) >= 11 is 0. The molecule has 2 heteroatoms. The molecule has 0 aromatic carbocycles. The second kappa shape index (κ2) is 5.79. The van der Waals surface area contributed by atoms with E-state index in [9.17, 15) is 4.79 Å². The number of rotatable bonds is 5. The lowest BCUT2D eigenvalue weighted by Crippen LogP contribution is -2.27. The van der Waals surface area contributed by atoms with Crippen LogP contribution < -0.4 is 0 Å². The van der Waals surface area contributed by atoms with Crippen LogP contribution >= 0.6 is 0 Å². The van der Waals surface area contributed by atoms with Crippen LogP contribution in [0.2, 0.25) is 0 Å². The molecule has 0 aromatic rings.